The van der Waals surface area contributed by atoms with Crippen molar-refractivity contribution in [3.8, 4) is 0 Å². The Morgan fingerprint density at radius 1 is 1.23 bits per heavy atom. The van der Waals surface area contributed by atoms with Gasteiger partial charge in [0.2, 0.25) is 0 Å². The number of carbonyl (C=O) groups is 1. The van der Waals surface area contributed by atoms with Crippen molar-refractivity contribution in [2.45, 2.75) is 49.8 Å². The van der Waals surface area contributed by atoms with E-state index in [1.54, 1.807) is 0 Å². The van der Waals surface area contributed by atoms with Crippen LogP contribution in [0.2, 0.25) is 0 Å². The summed E-state index contributed by atoms with van der Waals surface area (Å²) in [4.78, 5) is 20.7. The molecule has 8 heteroatoms. The van der Waals surface area contributed by atoms with Gasteiger partial charge in [-0.1, -0.05) is 30.3 Å². The zero-order valence-corrected chi connectivity index (χ0v) is 15.1. The van der Waals surface area contributed by atoms with Crippen LogP contribution in [-0.4, -0.2) is 59.5 Å². The van der Waals surface area contributed by atoms with Gasteiger partial charge in [0.15, 0.2) is 0 Å². The molecule has 144 valence electrons. The van der Waals surface area contributed by atoms with Gasteiger partial charge in [-0.05, 0) is 5.56 Å². The maximum absolute atomic E-state index is 12.5. The molecular weight excluding hydrogens is 340 g/mol. The fourth-order valence-corrected chi connectivity index (χ4v) is 4.17. The fraction of sp³-hybridized carbons (Fsp3) is 0.611. The molecule has 2 fully saturated rings. The molecule has 2 aliphatic heterocycles. The molecule has 0 radical (unpaired) electrons. The van der Waals surface area contributed by atoms with Crippen molar-refractivity contribution >= 4 is 5.97 Å². The number of piperidine rings is 1. The number of ether oxygens (including phenoxy) is 1. The maximum Gasteiger partial charge on any atom is 0.316 e. The molecule has 2 unspecified atom stereocenters. The van der Waals surface area contributed by atoms with Crippen molar-refractivity contribution < 1.29 is 24.2 Å². The van der Waals surface area contributed by atoms with Crippen LogP contribution in [0, 0.1) is 15.3 Å². The molecule has 0 saturated carbocycles. The lowest BCUT2D eigenvalue weighted by Crippen LogP contribution is -2.56. The van der Waals surface area contributed by atoms with Gasteiger partial charge in [0, 0.05) is 25.7 Å². The lowest BCUT2D eigenvalue weighted by atomic mass is 9.96. The molecule has 0 amide bonds. The summed E-state index contributed by atoms with van der Waals surface area (Å²) in [6.07, 6.45) is 4.36. The number of quaternary nitrogens is 1. The fourth-order valence-electron chi connectivity index (χ4n) is 4.17. The normalized spacial score (nSPS) is 27.0. The highest BCUT2D eigenvalue weighted by Gasteiger charge is 2.50. The van der Waals surface area contributed by atoms with Gasteiger partial charge in [0.1, 0.15) is 12.0 Å². The number of hydrogen-bond acceptors (Lipinski definition) is 6. The van der Waals surface area contributed by atoms with E-state index in [1.165, 1.54) is 12.8 Å². The number of carbonyl (C=O) groups excluding carboxylic acids is 1. The predicted molar refractivity (Wildman–Crippen MR) is 94.7 cm³/mol. The van der Waals surface area contributed by atoms with Gasteiger partial charge in [-0.3, -0.25) is 4.79 Å². The lowest BCUT2D eigenvalue weighted by Gasteiger charge is -2.44. The molecule has 26 heavy (non-hydrogen) atoms. The summed E-state index contributed by atoms with van der Waals surface area (Å²) in [7, 11) is 4.59. The summed E-state index contributed by atoms with van der Waals surface area (Å²) in [5.74, 6) is -0.853. The van der Waals surface area contributed by atoms with E-state index in [0.29, 0.717) is 12.1 Å². The minimum absolute atomic E-state index is 0.00825. The van der Waals surface area contributed by atoms with Crippen molar-refractivity contribution in [2.24, 2.45) is 0 Å². The maximum atomic E-state index is 12.5. The molecule has 4 atom stereocenters. The third-order valence-corrected chi connectivity index (χ3v) is 5.74. The van der Waals surface area contributed by atoms with Crippen molar-refractivity contribution in [3.63, 3.8) is 0 Å². The number of nitrogens with zero attached hydrogens (tertiary/aromatic N) is 2. The Morgan fingerprint density at radius 3 is 2.19 bits per heavy atom. The van der Waals surface area contributed by atoms with Crippen LogP contribution in [0.1, 0.15) is 37.2 Å². The second kappa shape index (κ2) is 8.46. The lowest BCUT2D eigenvalue weighted by molar-refractivity contribution is -0.931. The zero-order chi connectivity index (χ0) is 19.3. The van der Waals surface area contributed by atoms with Crippen LogP contribution in [0.25, 0.3) is 0 Å². The number of fused-ring (bicyclic) bond motifs is 2. The van der Waals surface area contributed by atoms with E-state index in [0.717, 1.165) is 22.9 Å². The zero-order valence-electron chi connectivity index (χ0n) is 15.1. The van der Waals surface area contributed by atoms with Crippen LogP contribution in [-0.2, 0) is 9.53 Å². The standard InChI is InChI=1S/C18H26NO3.NO3/c1-19(2)14-8-9-15(19)11-16(10-14)22-18(21)17(12-20)13-6-4-3-5-7-13;2-1(3)4/h3-7,14-17,20H,8-12H2,1-2H3;/q+1;-1/t14-,15+,16?,17?;. The molecule has 2 bridgehead atoms. The Morgan fingerprint density at radius 2 is 1.73 bits per heavy atom. The number of benzene rings is 1. The molecular formula is C18H26N2O6. The Labute approximate surface area is 152 Å². The summed E-state index contributed by atoms with van der Waals surface area (Å²) < 4.78 is 6.83. The first kappa shape index (κ1) is 20.1. The van der Waals surface area contributed by atoms with Gasteiger partial charge in [-0.25, -0.2) is 0 Å². The number of rotatable bonds is 4. The third-order valence-electron chi connectivity index (χ3n) is 5.74. The van der Waals surface area contributed by atoms with Gasteiger partial charge in [-0.2, -0.15) is 0 Å². The van der Waals surface area contributed by atoms with E-state index in [1.807, 2.05) is 30.3 Å². The molecule has 0 spiro atoms. The van der Waals surface area contributed by atoms with E-state index in [4.69, 9.17) is 20.1 Å². The number of esters is 1. The van der Waals surface area contributed by atoms with Crippen LogP contribution < -0.4 is 0 Å². The molecule has 2 aliphatic rings. The quantitative estimate of drug-likeness (QED) is 0.376. The van der Waals surface area contributed by atoms with Crippen LogP contribution >= 0.6 is 0 Å². The average molecular weight is 366 g/mol. The SMILES string of the molecule is C[N+]1(C)[C@@H]2CC[C@H]1CC(OC(=O)C(CO)c1ccccc1)C2.O=[N+]([O-])[O-]. The molecule has 1 N–H and O–H groups in total. The molecule has 1 aromatic carbocycles. The topological polar surface area (TPSA) is 113 Å². The highest BCUT2D eigenvalue weighted by molar-refractivity contribution is 5.78. The Hall–Kier alpha value is -2.19. The molecule has 3 rings (SSSR count). The van der Waals surface area contributed by atoms with Crippen molar-refractivity contribution in [2.75, 3.05) is 20.7 Å². The molecule has 8 nitrogen and oxygen atoms in total. The smallest absolute Gasteiger partial charge is 0.316 e. The summed E-state index contributed by atoms with van der Waals surface area (Å²) in [5.41, 5.74) is 0.824. The van der Waals surface area contributed by atoms with Crippen LogP contribution in [0.4, 0.5) is 0 Å². The monoisotopic (exact) mass is 366 g/mol. The van der Waals surface area contributed by atoms with Gasteiger partial charge >= 0.3 is 5.97 Å². The van der Waals surface area contributed by atoms with Gasteiger partial charge < -0.3 is 29.6 Å². The largest absolute Gasteiger partial charge is 0.461 e. The minimum Gasteiger partial charge on any atom is -0.461 e. The van der Waals surface area contributed by atoms with Crippen molar-refractivity contribution in [1.29, 1.82) is 0 Å². The second-order valence-electron chi connectivity index (χ2n) is 7.41. The van der Waals surface area contributed by atoms with E-state index < -0.39 is 11.0 Å². The van der Waals surface area contributed by atoms with E-state index in [2.05, 4.69) is 14.1 Å². The highest BCUT2D eigenvalue weighted by Crippen LogP contribution is 2.40. The molecule has 2 heterocycles. The molecule has 1 aromatic rings. The number of hydrogen-bond donors (Lipinski definition) is 1. The van der Waals surface area contributed by atoms with Crippen LogP contribution in [0.3, 0.4) is 0 Å². The highest BCUT2D eigenvalue weighted by atomic mass is 16.9. The van der Waals surface area contributed by atoms with Crippen molar-refractivity contribution in [3.05, 3.63) is 51.2 Å². The summed E-state index contributed by atoms with van der Waals surface area (Å²) in [6.45, 7) is -0.204. The average Bonchev–Trinajstić information content (AvgIpc) is 2.75. The molecule has 2 saturated heterocycles. The Bertz CT molecular complexity index is 601. The number of aliphatic hydroxyl groups is 1. The first-order valence-corrected chi connectivity index (χ1v) is 8.76. The van der Waals surface area contributed by atoms with Gasteiger partial charge in [-0.15, -0.1) is 0 Å². The summed E-state index contributed by atoms with van der Waals surface area (Å²) in [5, 5.41) is 24.3. The van der Waals surface area contributed by atoms with E-state index in [9.17, 15) is 9.90 Å². The van der Waals surface area contributed by atoms with Gasteiger partial charge in [0.05, 0.1) is 37.9 Å². The first-order chi connectivity index (χ1) is 12.3. The Kier molecular flexibility index (Phi) is 6.55. The number of aliphatic hydroxyl groups excluding tert-OH is 1. The van der Waals surface area contributed by atoms with E-state index in [-0.39, 0.29) is 18.7 Å². The molecule has 0 aromatic heterocycles. The van der Waals surface area contributed by atoms with E-state index >= 15 is 0 Å². The van der Waals surface area contributed by atoms with Crippen LogP contribution in [0.15, 0.2) is 30.3 Å². The van der Waals surface area contributed by atoms with Gasteiger partial charge in [0.25, 0.3) is 0 Å². The summed E-state index contributed by atoms with van der Waals surface area (Å²) in [6, 6.07) is 10.6. The first-order valence-electron chi connectivity index (χ1n) is 8.76. The van der Waals surface area contributed by atoms with Crippen molar-refractivity contribution in [1.82, 2.24) is 0 Å². The second-order valence-corrected chi connectivity index (χ2v) is 7.41. The van der Waals surface area contributed by atoms with Crippen LogP contribution in [0.5, 0.6) is 0 Å². The predicted octanol–water partition coefficient (Wildman–Crippen LogP) is 1.84. The third kappa shape index (κ3) is 4.70. The Balaban J connectivity index is 0.000000552. The minimum atomic E-state index is -1.75. The molecule has 0 aliphatic carbocycles. The summed E-state index contributed by atoms with van der Waals surface area (Å²) >= 11 is 0.